The largest absolute Gasteiger partial charge is 0.481 e. The Labute approximate surface area is 144 Å². The molecule has 0 heterocycles. The molecule has 2 rings (SSSR count). The summed E-state index contributed by atoms with van der Waals surface area (Å²) in [5.74, 6) is -4.18. The minimum Gasteiger partial charge on any atom is -0.481 e. The quantitative estimate of drug-likeness (QED) is 0.700. The van der Waals surface area contributed by atoms with Gasteiger partial charge in [0.15, 0.2) is 11.6 Å². The minimum atomic E-state index is -1.24. The van der Waals surface area contributed by atoms with E-state index >= 15 is 0 Å². The van der Waals surface area contributed by atoms with Crippen LogP contribution in [0.5, 0.6) is 0 Å². The van der Waals surface area contributed by atoms with E-state index < -0.39 is 29.5 Å². The molecule has 1 unspecified atom stereocenters. The number of aliphatic carboxylic acids is 1. The number of hydrogen-bond acceptors (Lipinski definition) is 2. The molecule has 3 nitrogen and oxygen atoms in total. The molecule has 0 radical (unpaired) electrons. The molecule has 2 aromatic carbocycles. The van der Waals surface area contributed by atoms with E-state index in [2.05, 4.69) is 5.32 Å². The standard InChI is InChI=1S/C19H20F3NO2/c1-12(13-5-3-2-4-6-13)23-16(11-18(24)25)8-7-14-9-15(20)10-17(21)19(14)22/h2-6,9-10,12,16,23H,7-8,11H2,1H3,(H,24,25)/t12-,16?/m1/s1. The zero-order valence-corrected chi connectivity index (χ0v) is 13.8. The fraction of sp³-hybridized carbons (Fsp3) is 0.316. The van der Waals surface area contributed by atoms with Gasteiger partial charge in [-0.3, -0.25) is 4.79 Å². The van der Waals surface area contributed by atoms with Crippen LogP contribution in [0.25, 0.3) is 0 Å². The van der Waals surface area contributed by atoms with E-state index in [-0.39, 0.29) is 30.9 Å². The van der Waals surface area contributed by atoms with E-state index in [4.69, 9.17) is 5.11 Å². The summed E-state index contributed by atoms with van der Waals surface area (Å²) < 4.78 is 40.3. The summed E-state index contributed by atoms with van der Waals surface area (Å²) in [6.45, 7) is 1.90. The van der Waals surface area contributed by atoms with Crippen molar-refractivity contribution in [3.63, 3.8) is 0 Å². The fourth-order valence-electron chi connectivity index (χ4n) is 2.77. The second-order valence-electron chi connectivity index (χ2n) is 5.99. The van der Waals surface area contributed by atoms with Crippen LogP contribution in [0.15, 0.2) is 42.5 Å². The first-order chi connectivity index (χ1) is 11.9. The van der Waals surface area contributed by atoms with E-state index in [1.165, 1.54) is 0 Å². The van der Waals surface area contributed by atoms with Crippen molar-refractivity contribution < 1.29 is 23.1 Å². The number of carbonyl (C=O) groups is 1. The average Bonchev–Trinajstić information content (AvgIpc) is 2.56. The third kappa shape index (κ3) is 5.60. The molecular weight excluding hydrogens is 331 g/mol. The number of carboxylic acids is 1. The van der Waals surface area contributed by atoms with Gasteiger partial charge in [0.25, 0.3) is 0 Å². The van der Waals surface area contributed by atoms with E-state index in [1.54, 1.807) is 0 Å². The molecule has 0 aromatic heterocycles. The molecule has 2 atom stereocenters. The summed E-state index contributed by atoms with van der Waals surface area (Å²) in [4.78, 5) is 11.1. The highest BCUT2D eigenvalue weighted by Crippen LogP contribution is 2.19. The minimum absolute atomic E-state index is 0.0347. The second kappa shape index (κ2) is 8.67. The zero-order chi connectivity index (χ0) is 18.4. The highest BCUT2D eigenvalue weighted by molar-refractivity contribution is 5.67. The van der Waals surface area contributed by atoms with E-state index in [1.807, 2.05) is 37.3 Å². The van der Waals surface area contributed by atoms with Crippen LogP contribution >= 0.6 is 0 Å². The maximum Gasteiger partial charge on any atom is 0.304 e. The first kappa shape index (κ1) is 19.0. The zero-order valence-electron chi connectivity index (χ0n) is 13.8. The number of hydrogen-bond donors (Lipinski definition) is 2. The Kier molecular flexibility index (Phi) is 6.58. The van der Waals surface area contributed by atoms with E-state index in [9.17, 15) is 18.0 Å². The van der Waals surface area contributed by atoms with Crippen molar-refractivity contribution in [3.8, 4) is 0 Å². The van der Waals surface area contributed by atoms with Gasteiger partial charge in [-0.05, 0) is 37.0 Å². The number of rotatable bonds is 8. The molecule has 0 aliphatic carbocycles. The van der Waals surface area contributed by atoms with Crippen LogP contribution in [0.2, 0.25) is 0 Å². The third-order valence-corrected chi connectivity index (χ3v) is 4.04. The summed E-state index contributed by atoms with van der Waals surface area (Å²) in [5.41, 5.74) is 0.892. The first-order valence-electron chi connectivity index (χ1n) is 8.03. The lowest BCUT2D eigenvalue weighted by molar-refractivity contribution is -0.137. The number of carboxylic acid groups (broad SMARTS) is 1. The van der Waals surface area contributed by atoms with Gasteiger partial charge in [-0.1, -0.05) is 30.3 Å². The van der Waals surface area contributed by atoms with Crippen molar-refractivity contribution in [2.75, 3.05) is 0 Å². The molecule has 0 saturated carbocycles. The highest BCUT2D eigenvalue weighted by Gasteiger charge is 2.19. The molecule has 0 aliphatic rings. The first-order valence-corrected chi connectivity index (χ1v) is 8.03. The van der Waals surface area contributed by atoms with Crippen molar-refractivity contribution in [3.05, 3.63) is 71.0 Å². The van der Waals surface area contributed by atoms with E-state index in [0.29, 0.717) is 6.07 Å². The van der Waals surface area contributed by atoms with Crippen LogP contribution in [-0.4, -0.2) is 17.1 Å². The summed E-state index contributed by atoms with van der Waals surface area (Å²) in [5, 5.41) is 12.3. The van der Waals surface area contributed by atoms with Crippen molar-refractivity contribution in [1.29, 1.82) is 0 Å². The molecule has 2 N–H and O–H groups in total. The molecule has 0 bridgehead atoms. The predicted octanol–water partition coefficient (Wildman–Crippen LogP) is 4.23. The van der Waals surface area contributed by atoms with Gasteiger partial charge in [0.2, 0.25) is 0 Å². The van der Waals surface area contributed by atoms with Gasteiger partial charge in [0, 0.05) is 18.2 Å². The maximum absolute atomic E-state index is 13.7. The lowest BCUT2D eigenvalue weighted by atomic mass is 10.00. The summed E-state index contributed by atoms with van der Waals surface area (Å²) in [6.07, 6.45) is 0.104. The van der Waals surface area contributed by atoms with Crippen molar-refractivity contribution in [1.82, 2.24) is 5.32 Å². The van der Waals surface area contributed by atoms with Crippen molar-refractivity contribution in [2.24, 2.45) is 0 Å². The number of halogens is 3. The van der Waals surface area contributed by atoms with Gasteiger partial charge in [-0.15, -0.1) is 0 Å². The van der Waals surface area contributed by atoms with Crippen LogP contribution in [0.3, 0.4) is 0 Å². The number of benzene rings is 2. The van der Waals surface area contributed by atoms with Crippen molar-refractivity contribution >= 4 is 5.97 Å². The summed E-state index contributed by atoms with van der Waals surface area (Å²) >= 11 is 0. The van der Waals surface area contributed by atoms with Gasteiger partial charge in [-0.2, -0.15) is 0 Å². The van der Waals surface area contributed by atoms with Gasteiger partial charge >= 0.3 is 5.97 Å². The molecule has 0 aliphatic heterocycles. The van der Waals surface area contributed by atoms with E-state index in [0.717, 1.165) is 11.6 Å². The fourth-order valence-corrected chi connectivity index (χ4v) is 2.77. The molecule has 134 valence electrons. The summed E-state index contributed by atoms with van der Waals surface area (Å²) in [7, 11) is 0. The third-order valence-electron chi connectivity index (χ3n) is 4.04. The van der Waals surface area contributed by atoms with Crippen LogP contribution in [-0.2, 0) is 11.2 Å². The lowest BCUT2D eigenvalue weighted by Crippen LogP contribution is -2.34. The van der Waals surface area contributed by atoms with Crippen LogP contribution in [0, 0.1) is 17.5 Å². The molecule has 25 heavy (non-hydrogen) atoms. The van der Waals surface area contributed by atoms with Gasteiger partial charge < -0.3 is 10.4 Å². The molecular formula is C19H20F3NO2. The van der Waals surface area contributed by atoms with Gasteiger partial charge in [-0.25, -0.2) is 13.2 Å². The van der Waals surface area contributed by atoms with Gasteiger partial charge in [0.05, 0.1) is 6.42 Å². The smallest absolute Gasteiger partial charge is 0.304 e. The highest BCUT2D eigenvalue weighted by atomic mass is 19.2. The Hall–Kier alpha value is -2.34. The Morgan fingerprint density at radius 2 is 1.84 bits per heavy atom. The van der Waals surface area contributed by atoms with Crippen LogP contribution in [0.4, 0.5) is 13.2 Å². The van der Waals surface area contributed by atoms with Crippen LogP contribution in [0.1, 0.15) is 36.9 Å². The normalized spacial score (nSPS) is 13.4. The SMILES string of the molecule is C[C@@H](NC(CCc1cc(F)cc(F)c1F)CC(=O)O)c1ccccc1. The molecule has 0 amide bonds. The topological polar surface area (TPSA) is 49.3 Å². The Balaban J connectivity index is 2.06. The Morgan fingerprint density at radius 1 is 1.16 bits per heavy atom. The summed E-state index contributed by atoms with van der Waals surface area (Å²) in [6, 6.07) is 10.3. The maximum atomic E-state index is 13.7. The molecule has 0 fully saturated rings. The Morgan fingerprint density at radius 3 is 2.48 bits per heavy atom. The second-order valence-corrected chi connectivity index (χ2v) is 5.99. The number of aryl methyl sites for hydroxylation is 1. The Bertz CT molecular complexity index is 722. The predicted molar refractivity (Wildman–Crippen MR) is 88.7 cm³/mol. The lowest BCUT2D eigenvalue weighted by Gasteiger charge is -2.22. The van der Waals surface area contributed by atoms with Crippen LogP contribution < -0.4 is 5.32 Å². The average molecular weight is 351 g/mol. The van der Waals surface area contributed by atoms with Crippen molar-refractivity contribution in [2.45, 2.75) is 38.3 Å². The molecule has 6 heteroatoms. The molecule has 2 aromatic rings. The van der Waals surface area contributed by atoms with Gasteiger partial charge in [0.1, 0.15) is 5.82 Å². The monoisotopic (exact) mass is 351 g/mol. The molecule has 0 saturated heterocycles. The molecule has 0 spiro atoms. The number of nitrogens with one attached hydrogen (secondary N) is 1.